The van der Waals surface area contributed by atoms with Gasteiger partial charge in [0, 0.05) is 33.5 Å². The van der Waals surface area contributed by atoms with Crippen molar-refractivity contribution in [1.29, 1.82) is 0 Å². The summed E-state index contributed by atoms with van der Waals surface area (Å²) >= 11 is 1.66. The molecule has 0 aliphatic rings. The highest BCUT2D eigenvalue weighted by Crippen LogP contribution is 2.42. The van der Waals surface area contributed by atoms with Gasteiger partial charge in [0.2, 0.25) is 0 Å². The van der Waals surface area contributed by atoms with Crippen molar-refractivity contribution < 1.29 is 8.78 Å². The zero-order valence-corrected chi connectivity index (χ0v) is 18.5. The molecule has 6 rings (SSSR count). The highest BCUT2D eigenvalue weighted by Gasteiger charge is 2.29. The molecular formula is C28H18F2N2S. The third-order valence-electron chi connectivity index (χ3n) is 5.96. The lowest BCUT2D eigenvalue weighted by molar-refractivity contribution is 0.0181. The van der Waals surface area contributed by atoms with E-state index in [1.54, 1.807) is 29.5 Å². The second-order valence-corrected chi connectivity index (χ2v) is 9.31. The van der Waals surface area contributed by atoms with E-state index in [0.717, 1.165) is 44.4 Å². The fraction of sp³-hybridized carbons (Fsp3) is 0.0714. The van der Waals surface area contributed by atoms with Crippen LogP contribution in [0.5, 0.6) is 0 Å². The lowest BCUT2D eigenvalue weighted by Gasteiger charge is -2.17. The zero-order chi connectivity index (χ0) is 22.6. The van der Waals surface area contributed by atoms with E-state index in [0.29, 0.717) is 11.3 Å². The van der Waals surface area contributed by atoms with Crippen LogP contribution in [0.15, 0.2) is 91.0 Å². The van der Waals surface area contributed by atoms with Crippen LogP contribution in [0.3, 0.4) is 0 Å². The molecule has 0 bridgehead atoms. The van der Waals surface area contributed by atoms with E-state index in [2.05, 4.69) is 40.5 Å². The summed E-state index contributed by atoms with van der Waals surface area (Å²) in [4.78, 5) is 1.00. The Morgan fingerprint density at radius 3 is 1.94 bits per heavy atom. The minimum atomic E-state index is -2.99. The van der Waals surface area contributed by atoms with Crippen LogP contribution in [0.4, 0.5) is 8.78 Å². The minimum Gasteiger partial charge on any atom is -0.202 e. The number of nitrogens with zero attached hydrogens (tertiary/aromatic N) is 2. The molecule has 2 nitrogen and oxygen atoms in total. The van der Waals surface area contributed by atoms with Crippen molar-refractivity contribution in [2.45, 2.75) is 12.8 Å². The highest BCUT2D eigenvalue weighted by molar-refractivity contribution is 7.22. The average Bonchev–Trinajstić information content (AvgIpc) is 3.25. The number of thiophene rings is 1. The van der Waals surface area contributed by atoms with Crippen molar-refractivity contribution in [2.75, 3.05) is 0 Å². The van der Waals surface area contributed by atoms with Crippen LogP contribution in [-0.4, -0.2) is 10.2 Å². The van der Waals surface area contributed by atoms with Crippen LogP contribution in [0.25, 0.3) is 53.5 Å². The fourth-order valence-electron chi connectivity index (χ4n) is 4.39. The Hall–Kier alpha value is -3.70. The number of halogens is 2. The summed E-state index contributed by atoms with van der Waals surface area (Å²) in [6.07, 6.45) is 0. The Morgan fingerprint density at radius 2 is 1.24 bits per heavy atom. The topological polar surface area (TPSA) is 25.8 Å². The van der Waals surface area contributed by atoms with Gasteiger partial charge in [-0.3, -0.25) is 0 Å². The summed E-state index contributed by atoms with van der Waals surface area (Å²) in [6.45, 7) is 0.919. The largest absolute Gasteiger partial charge is 0.271 e. The Bertz CT molecular complexity index is 1630. The molecule has 5 heteroatoms. The number of hydrogen-bond acceptors (Lipinski definition) is 3. The second-order valence-electron chi connectivity index (χ2n) is 8.22. The van der Waals surface area contributed by atoms with Gasteiger partial charge in [0.25, 0.3) is 5.92 Å². The van der Waals surface area contributed by atoms with Gasteiger partial charge in [-0.05, 0) is 40.4 Å². The third-order valence-corrected chi connectivity index (χ3v) is 7.08. The van der Waals surface area contributed by atoms with E-state index in [1.165, 1.54) is 10.8 Å². The first-order valence-corrected chi connectivity index (χ1v) is 11.5. The van der Waals surface area contributed by atoms with Gasteiger partial charge < -0.3 is 0 Å². The van der Waals surface area contributed by atoms with Crippen LogP contribution >= 0.6 is 11.3 Å². The molecule has 0 saturated heterocycles. The zero-order valence-electron chi connectivity index (χ0n) is 17.7. The molecule has 0 saturated carbocycles. The van der Waals surface area contributed by atoms with Crippen molar-refractivity contribution in [1.82, 2.24) is 10.2 Å². The second kappa shape index (κ2) is 7.42. The molecule has 0 amide bonds. The first-order chi connectivity index (χ1) is 16.0. The monoisotopic (exact) mass is 452 g/mol. The molecule has 6 aromatic rings. The molecule has 2 heterocycles. The molecular weight excluding hydrogens is 434 g/mol. The Kier molecular flexibility index (Phi) is 4.49. The summed E-state index contributed by atoms with van der Waals surface area (Å²) in [5.74, 6) is -2.99. The standard InChI is InChI=1S/C28H18F2N2S/c1-28(29,30)23-12-6-5-11-20(23)26-21-14-17-8-2-3-9-18(17)15-22(21)27(32-31-26)25-16-19-10-4-7-13-24(19)33-25/h2-16H,1H3. The van der Waals surface area contributed by atoms with Crippen LogP contribution < -0.4 is 0 Å². The summed E-state index contributed by atoms with van der Waals surface area (Å²) in [5, 5.41) is 14.1. The SMILES string of the molecule is CC(F)(F)c1ccccc1-c1nnc(-c2cc3ccccc3s2)c2cc3ccccc3cc12. The van der Waals surface area contributed by atoms with Crippen LogP contribution in [0, 0.1) is 0 Å². The van der Waals surface area contributed by atoms with Gasteiger partial charge in [0.05, 0.1) is 4.88 Å². The smallest absolute Gasteiger partial charge is 0.202 e. The normalized spacial score (nSPS) is 12.1. The Labute approximate surface area is 193 Å². The number of aromatic nitrogens is 2. The molecule has 0 spiro atoms. The molecule has 0 aliphatic carbocycles. The van der Waals surface area contributed by atoms with E-state index in [4.69, 9.17) is 0 Å². The first kappa shape index (κ1) is 19.9. The molecule has 33 heavy (non-hydrogen) atoms. The maximum Gasteiger partial charge on any atom is 0.271 e. The quantitative estimate of drug-likeness (QED) is 0.252. The summed E-state index contributed by atoms with van der Waals surface area (Å²) in [6, 6.07) is 29.1. The van der Waals surface area contributed by atoms with Crippen molar-refractivity contribution in [3.63, 3.8) is 0 Å². The molecule has 0 fully saturated rings. The number of hydrogen-bond donors (Lipinski definition) is 0. The molecule has 0 aliphatic heterocycles. The van der Waals surface area contributed by atoms with Gasteiger partial charge in [-0.15, -0.1) is 21.5 Å². The predicted molar refractivity (Wildman–Crippen MR) is 133 cm³/mol. The predicted octanol–water partition coefficient (Wildman–Crippen LogP) is 8.44. The molecule has 2 aromatic heterocycles. The Balaban J connectivity index is 1.70. The van der Waals surface area contributed by atoms with Gasteiger partial charge in [-0.1, -0.05) is 66.7 Å². The van der Waals surface area contributed by atoms with Gasteiger partial charge >= 0.3 is 0 Å². The maximum absolute atomic E-state index is 14.5. The Morgan fingerprint density at radius 1 is 0.667 bits per heavy atom. The number of benzene rings is 4. The molecule has 0 unspecified atom stereocenters. The third kappa shape index (κ3) is 3.36. The molecule has 160 valence electrons. The van der Waals surface area contributed by atoms with Crippen molar-refractivity contribution in [3.05, 3.63) is 96.6 Å². The van der Waals surface area contributed by atoms with Gasteiger partial charge in [-0.25, -0.2) is 8.78 Å². The highest BCUT2D eigenvalue weighted by atomic mass is 32.1. The van der Waals surface area contributed by atoms with Crippen LogP contribution in [0.2, 0.25) is 0 Å². The first-order valence-electron chi connectivity index (χ1n) is 10.6. The van der Waals surface area contributed by atoms with E-state index < -0.39 is 5.92 Å². The molecule has 0 N–H and O–H groups in total. The van der Waals surface area contributed by atoms with Crippen LogP contribution in [0.1, 0.15) is 12.5 Å². The van der Waals surface area contributed by atoms with Gasteiger partial charge in [-0.2, -0.15) is 0 Å². The maximum atomic E-state index is 14.5. The number of alkyl halides is 2. The number of fused-ring (bicyclic) bond motifs is 3. The molecule has 4 aromatic carbocycles. The molecule has 0 atom stereocenters. The molecule has 0 radical (unpaired) electrons. The van der Waals surface area contributed by atoms with Crippen LogP contribution in [-0.2, 0) is 5.92 Å². The van der Waals surface area contributed by atoms with E-state index in [9.17, 15) is 8.78 Å². The van der Waals surface area contributed by atoms with E-state index in [1.807, 2.05) is 36.4 Å². The lowest BCUT2D eigenvalue weighted by atomic mass is 9.94. The van der Waals surface area contributed by atoms with Crippen molar-refractivity contribution in [2.24, 2.45) is 0 Å². The fourth-order valence-corrected chi connectivity index (χ4v) is 5.45. The number of rotatable bonds is 3. The average molecular weight is 453 g/mol. The lowest BCUT2D eigenvalue weighted by Crippen LogP contribution is -2.09. The van der Waals surface area contributed by atoms with E-state index >= 15 is 0 Å². The minimum absolute atomic E-state index is 0.0524. The van der Waals surface area contributed by atoms with Crippen molar-refractivity contribution in [3.8, 4) is 21.8 Å². The van der Waals surface area contributed by atoms with Crippen molar-refractivity contribution >= 4 is 43.0 Å². The van der Waals surface area contributed by atoms with Gasteiger partial charge in [0.15, 0.2) is 0 Å². The van der Waals surface area contributed by atoms with E-state index in [-0.39, 0.29) is 5.56 Å². The van der Waals surface area contributed by atoms with Gasteiger partial charge in [0.1, 0.15) is 11.4 Å². The summed E-state index contributed by atoms with van der Waals surface area (Å²) in [5.41, 5.74) is 1.59. The summed E-state index contributed by atoms with van der Waals surface area (Å²) in [7, 11) is 0. The summed E-state index contributed by atoms with van der Waals surface area (Å²) < 4.78 is 30.1.